The zero-order valence-corrected chi connectivity index (χ0v) is 15.5. The molecule has 2 aromatic rings. The van der Waals surface area contributed by atoms with Crippen LogP contribution in [0.2, 0.25) is 0 Å². The van der Waals surface area contributed by atoms with E-state index in [0.29, 0.717) is 30.2 Å². The number of carbonyl (C=O) groups is 1. The first-order valence-corrected chi connectivity index (χ1v) is 8.40. The fourth-order valence-corrected chi connectivity index (χ4v) is 2.55. The SMILES string of the molecule is CCOC(=O)c1ccc(NCCc2ccc(OC)c(OC)c2)c([N+](=O)[O-])c1. The van der Waals surface area contributed by atoms with Crippen LogP contribution in [-0.4, -0.2) is 38.3 Å². The summed E-state index contributed by atoms with van der Waals surface area (Å²) in [5.41, 5.74) is 1.31. The third-order valence-electron chi connectivity index (χ3n) is 3.88. The highest BCUT2D eigenvalue weighted by molar-refractivity contribution is 5.91. The predicted molar refractivity (Wildman–Crippen MR) is 101 cm³/mol. The van der Waals surface area contributed by atoms with Gasteiger partial charge < -0.3 is 19.5 Å². The van der Waals surface area contributed by atoms with Crippen molar-refractivity contribution in [2.24, 2.45) is 0 Å². The van der Waals surface area contributed by atoms with E-state index in [-0.39, 0.29) is 17.9 Å². The molecule has 2 rings (SSSR count). The zero-order chi connectivity index (χ0) is 19.8. The molecule has 0 radical (unpaired) electrons. The summed E-state index contributed by atoms with van der Waals surface area (Å²) < 4.78 is 15.3. The number of methoxy groups -OCH3 is 2. The molecule has 0 aromatic heterocycles. The summed E-state index contributed by atoms with van der Waals surface area (Å²) in [7, 11) is 3.13. The van der Waals surface area contributed by atoms with Crippen molar-refractivity contribution < 1.29 is 23.9 Å². The molecule has 1 N–H and O–H groups in total. The molecule has 0 aliphatic carbocycles. The van der Waals surface area contributed by atoms with Crippen LogP contribution in [0.4, 0.5) is 11.4 Å². The first kappa shape index (κ1) is 20.0. The number of anilines is 1. The Morgan fingerprint density at radius 2 is 1.85 bits per heavy atom. The van der Waals surface area contributed by atoms with E-state index in [1.165, 1.54) is 18.2 Å². The number of nitro benzene ring substituents is 1. The number of hydrogen-bond donors (Lipinski definition) is 1. The Labute approximate surface area is 157 Å². The number of benzene rings is 2. The van der Waals surface area contributed by atoms with Gasteiger partial charge >= 0.3 is 5.97 Å². The van der Waals surface area contributed by atoms with Gasteiger partial charge in [0.1, 0.15) is 5.69 Å². The van der Waals surface area contributed by atoms with Gasteiger partial charge in [-0.05, 0) is 43.2 Å². The van der Waals surface area contributed by atoms with E-state index in [2.05, 4.69) is 5.32 Å². The largest absolute Gasteiger partial charge is 0.493 e. The summed E-state index contributed by atoms with van der Waals surface area (Å²) in [6, 6.07) is 9.81. The zero-order valence-electron chi connectivity index (χ0n) is 15.5. The van der Waals surface area contributed by atoms with Gasteiger partial charge in [-0.15, -0.1) is 0 Å². The van der Waals surface area contributed by atoms with Crippen LogP contribution in [-0.2, 0) is 11.2 Å². The number of hydrogen-bond acceptors (Lipinski definition) is 7. The van der Waals surface area contributed by atoms with Crippen LogP contribution in [0.1, 0.15) is 22.8 Å². The van der Waals surface area contributed by atoms with Crippen molar-refractivity contribution in [3.63, 3.8) is 0 Å². The lowest BCUT2D eigenvalue weighted by Gasteiger charge is -2.11. The Morgan fingerprint density at radius 1 is 1.11 bits per heavy atom. The van der Waals surface area contributed by atoms with Crippen LogP contribution in [0, 0.1) is 10.1 Å². The van der Waals surface area contributed by atoms with E-state index in [9.17, 15) is 14.9 Å². The highest BCUT2D eigenvalue weighted by Crippen LogP contribution is 2.28. The maximum absolute atomic E-state index is 11.8. The lowest BCUT2D eigenvalue weighted by Crippen LogP contribution is -2.09. The Hall–Kier alpha value is -3.29. The van der Waals surface area contributed by atoms with E-state index in [4.69, 9.17) is 14.2 Å². The Kier molecular flexibility index (Phi) is 6.99. The summed E-state index contributed by atoms with van der Waals surface area (Å²) in [5, 5.41) is 14.4. The molecule has 0 unspecified atom stereocenters. The summed E-state index contributed by atoms with van der Waals surface area (Å²) >= 11 is 0. The molecule has 0 aliphatic heterocycles. The molecule has 8 nitrogen and oxygen atoms in total. The topological polar surface area (TPSA) is 99.9 Å². The summed E-state index contributed by atoms with van der Waals surface area (Å²) in [5.74, 6) is 0.677. The van der Waals surface area contributed by atoms with Gasteiger partial charge in [0.05, 0.1) is 31.3 Å². The first-order valence-electron chi connectivity index (χ1n) is 8.40. The van der Waals surface area contributed by atoms with Crippen LogP contribution in [0.25, 0.3) is 0 Å². The third kappa shape index (κ3) is 5.10. The van der Waals surface area contributed by atoms with Crippen LogP contribution in [0.15, 0.2) is 36.4 Å². The molecule has 0 aliphatic rings. The summed E-state index contributed by atoms with van der Waals surface area (Å²) in [4.78, 5) is 22.6. The van der Waals surface area contributed by atoms with Crippen LogP contribution in [0.5, 0.6) is 11.5 Å². The number of ether oxygens (including phenoxy) is 3. The molecule has 0 saturated heterocycles. The first-order chi connectivity index (χ1) is 13.0. The summed E-state index contributed by atoms with van der Waals surface area (Å²) in [6.07, 6.45) is 0.622. The molecule has 0 atom stereocenters. The monoisotopic (exact) mass is 374 g/mol. The normalized spacial score (nSPS) is 10.2. The number of rotatable bonds is 9. The molecule has 0 heterocycles. The maximum Gasteiger partial charge on any atom is 0.338 e. The highest BCUT2D eigenvalue weighted by Gasteiger charge is 2.18. The Morgan fingerprint density at radius 3 is 2.48 bits per heavy atom. The number of carbonyl (C=O) groups excluding carboxylic acids is 1. The second kappa shape index (κ2) is 9.42. The second-order valence-electron chi connectivity index (χ2n) is 5.58. The van der Waals surface area contributed by atoms with Crippen LogP contribution in [0.3, 0.4) is 0 Å². The maximum atomic E-state index is 11.8. The minimum atomic E-state index is -0.586. The van der Waals surface area contributed by atoms with Gasteiger partial charge in [0, 0.05) is 12.6 Å². The van der Waals surface area contributed by atoms with E-state index < -0.39 is 10.9 Å². The molecule has 2 aromatic carbocycles. The summed E-state index contributed by atoms with van der Waals surface area (Å²) in [6.45, 7) is 2.35. The Bertz CT molecular complexity index is 822. The van der Waals surface area contributed by atoms with Gasteiger partial charge in [-0.2, -0.15) is 0 Å². The highest BCUT2D eigenvalue weighted by atomic mass is 16.6. The third-order valence-corrected chi connectivity index (χ3v) is 3.88. The van der Waals surface area contributed by atoms with Gasteiger partial charge in [-0.1, -0.05) is 6.07 Å². The van der Waals surface area contributed by atoms with Gasteiger partial charge in [0.25, 0.3) is 5.69 Å². The molecular formula is C19H22N2O6. The molecule has 27 heavy (non-hydrogen) atoms. The van der Waals surface area contributed by atoms with Crippen molar-refractivity contribution in [3.8, 4) is 11.5 Å². The van der Waals surface area contributed by atoms with Crippen molar-refractivity contribution in [1.82, 2.24) is 0 Å². The van der Waals surface area contributed by atoms with Gasteiger partial charge in [-0.25, -0.2) is 4.79 Å². The molecule has 0 bridgehead atoms. The average Bonchev–Trinajstić information content (AvgIpc) is 2.68. The molecule has 0 amide bonds. The molecule has 144 valence electrons. The van der Waals surface area contributed by atoms with Crippen LogP contribution < -0.4 is 14.8 Å². The molecule has 8 heteroatoms. The number of nitrogens with one attached hydrogen (secondary N) is 1. The van der Waals surface area contributed by atoms with E-state index in [0.717, 1.165) is 5.56 Å². The van der Waals surface area contributed by atoms with E-state index >= 15 is 0 Å². The van der Waals surface area contributed by atoms with Crippen molar-refractivity contribution in [2.75, 3.05) is 32.7 Å². The van der Waals surface area contributed by atoms with Gasteiger partial charge in [0.15, 0.2) is 11.5 Å². The van der Waals surface area contributed by atoms with E-state index in [1.807, 2.05) is 18.2 Å². The number of nitro groups is 1. The van der Waals surface area contributed by atoms with Gasteiger partial charge in [-0.3, -0.25) is 10.1 Å². The van der Waals surface area contributed by atoms with Crippen molar-refractivity contribution in [1.29, 1.82) is 0 Å². The Balaban J connectivity index is 2.09. The van der Waals surface area contributed by atoms with Crippen LogP contribution >= 0.6 is 0 Å². The quantitative estimate of drug-likeness (QED) is 0.408. The molecule has 0 spiro atoms. The number of esters is 1. The predicted octanol–water partition coefficient (Wildman–Crippen LogP) is 3.44. The average molecular weight is 374 g/mol. The van der Waals surface area contributed by atoms with Crippen molar-refractivity contribution in [3.05, 3.63) is 57.6 Å². The second-order valence-corrected chi connectivity index (χ2v) is 5.58. The lowest BCUT2D eigenvalue weighted by atomic mass is 10.1. The van der Waals surface area contributed by atoms with Crippen molar-refractivity contribution >= 4 is 17.3 Å². The lowest BCUT2D eigenvalue weighted by molar-refractivity contribution is -0.384. The molecule has 0 saturated carbocycles. The fraction of sp³-hybridized carbons (Fsp3) is 0.316. The fourth-order valence-electron chi connectivity index (χ4n) is 2.55. The molecular weight excluding hydrogens is 352 g/mol. The minimum absolute atomic E-state index is 0.147. The van der Waals surface area contributed by atoms with Gasteiger partial charge in [0.2, 0.25) is 0 Å². The number of nitrogens with zero attached hydrogens (tertiary/aromatic N) is 1. The standard InChI is InChI=1S/C19H22N2O6/c1-4-27-19(22)14-6-7-15(16(12-14)21(23)24)20-10-9-13-5-8-17(25-2)18(11-13)26-3/h5-8,11-12,20H,4,9-10H2,1-3H3. The minimum Gasteiger partial charge on any atom is -0.493 e. The van der Waals surface area contributed by atoms with Crippen molar-refractivity contribution in [2.45, 2.75) is 13.3 Å². The smallest absolute Gasteiger partial charge is 0.338 e. The molecule has 0 fully saturated rings. The van der Waals surface area contributed by atoms with E-state index in [1.54, 1.807) is 21.1 Å².